The van der Waals surface area contributed by atoms with E-state index in [1.807, 2.05) is 6.92 Å². The van der Waals surface area contributed by atoms with Crippen molar-refractivity contribution in [3.63, 3.8) is 0 Å². The lowest BCUT2D eigenvalue weighted by Gasteiger charge is -2.21. The lowest BCUT2D eigenvalue weighted by atomic mass is 10.3. The van der Waals surface area contributed by atoms with Crippen LogP contribution in [-0.2, 0) is 0 Å². The van der Waals surface area contributed by atoms with Crippen LogP contribution < -0.4 is 9.92 Å². The van der Waals surface area contributed by atoms with Crippen LogP contribution in [0.15, 0.2) is 16.6 Å². The van der Waals surface area contributed by atoms with Crippen molar-refractivity contribution in [1.82, 2.24) is 0 Å². The lowest BCUT2D eigenvalue weighted by molar-refractivity contribution is 0.338. The highest BCUT2D eigenvalue weighted by Gasteiger charge is 2.25. The average Bonchev–Trinajstić information content (AvgIpc) is 2.08. The summed E-state index contributed by atoms with van der Waals surface area (Å²) < 4.78 is 19.9. The van der Waals surface area contributed by atoms with Crippen LogP contribution >= 0.6 is 15.9 Å². The van der Waals surface area contributed by atoms with Gasteiger partial charge in [-0.05, 0) is 40.2 Å². The van der Waals surface area contributed by atoms with Gasteiger partial charge in [0.05, 0.1) is 19.2 Å². The molecule has 0 atom stereocenters. The van der Waals surface area contributed by atoms with Crippen LogP contribution in [0.3, 0.4) is 0 Å². The van der Waals surface area contributed by atoms with Gasteiger partial charge in [-0.2, -0.15) is 0 Å². The fraction of sp³-hybridized carbons (Fsp3) is 0.455. The molecule has 0 saturated heterocycles. The molecule has 0 N–H and O–H groups in total. The van der Waals surface area contributed by atoms with Crippen LogP contribution in [0, 0.1) is 5.82 Å². The predicted molar refractivity (Wildman–Crippen MR) is 68.2 cm³/mol. The molecule has 0 bridgehead atoms. The highest BCUT2D eigenvalue weighted by atomic mass is 79.9. The van der Waals surface area contributed by atoms with E-state index in [1.54, 1.807) is 6.07 Å². The highest BCUT2D eigenvalue weighted by Crippen LogP contribution is 2.26. The molecule has 0 aromatic heterocycles. The third kappa shape index (κ3) is 2.81. The van der Waals surface area contributed by atoms with E-state index in [0.29, 0.717) is 6.61 Å². The molecule has 4 heteroatoms. The van der Waals surface area contributed by atoms with Crippen molar-refractivity contribution in [2.45, 2.75) is 26.6 Å². The lowest BCUT2D eigenvalue weighted by Crippen LogP contribution is -2.41. The molecule has 1 nitrogen and oxygen atoms in total. The quantitative estimate of drug-likeness (QED) is 0.774. The number of rotatable bonds is 3. The molecule has 0 saturated carbocycles. The van der Waals surface area contributed by atoms with Gasteiger partial charge in [0.1, 0.15) is 11.6 Å². The van der Waals surface area contributed by atoms with E-state index in [9.17, 15) is 4.39 Å². The van der Waals surface area contributed by atoms with E-state index < -0.39 is 8.07 Å². The Balaban J connectivity index is 3.30. The normalized spacial score (nSPS) is 11.6. The summed E-state index contributed by atoms with van der Waals surface area (Å²) in [6.07, 6.45) is 0. The van der Waals surface area contributed by atoms with Crippen molar-refractivity contribution in [3.05, 3.63) is 22.4 Å². The van der Waals surface area contributed by atoms with Crippen molar-refractivity contribution >= 4 is 29.2 Å². The third-order valence-electron chi connectivity index (χ3n) is 2.11. The molecule has 0 radical (unpaired) electrons. The second-order valence-electron chi connectivity index (χ2n) is 4.42. The van der Waals surface area contributed by atoms with Gasteiger partial charge >= 0.3 is 0 Å². The molecule has 0 spiro atoms. The topological polar surface area (TPSA) is 9.23 Å². The summed E-state index contributed by atoms with van der Waals surface area (Å²) in [5.74, 6) is 0.598. The fourth-order valence-corrected chi connectivity index (χ4v) is 5.29. The summed E-state index contributed by atoms with van der Waals surface area (Å²) in [6, 6.07) is 3.16. The zero-order valence-electron chi connectivity index (χ0n) is 9.53. The van der Waals surface area contributed by atoms with E-state index in [2.05, 4.69) is 35.6 Å². The Morgan fingerprint density at radius 2 is 1.93 bits per heavy atom. The second-order valence-corrected chi connectivity index (χ2v) is 10.2. The molecule has 1 rings (SSSR count). The molecule has 0 aliphatic carbocycles. The Hall–Kier alpha value is -0.353. The molecule has 1 aromatic rings. The molecule has 0 unspecified atom stereocenters. The Bertz CT molecular complexity index is 360. The summed E-state index contributed by atoms with van der Waals surface area (Å²) in [5.41, 5.74) is 0. The highest BCUT2D eigenvalue weighted by molar-refractivity contribution is 9.10. The standard InChI is InChI=1S/C11H16BrFOSi/c1-5-14-9-7-6-8(13)11(10(9)12)15(2,3)4/h6-7H,5H2,1-4H3. The number of hydrogen-bond acceptors (Lipinski definition) is 1. The predicted octanol–water partition coefficient (Wildman–Crippen LogP) is 3.53. The SMILES string of the molecule is CCOc1ccc(F)c([Si](C)(C)C)c1Br. The maximum atomic E-state index is 13.7. The van der Waals surface area contributed by atoms with E-state index >= 15 is 0 Å². The number of halogens is 2. The zero-order valence-corrected chi connectivity index (χ0v) is 12.1. The van der Waals surface area contributed by atoms with Gasteiger partial charge < -0.3 is 4.74 Å². The number of ether oxygens (including phenoxy) is 1. The second kappa shape index (κ2) is 4.66. The first-order valence-corrected chi connectivity index (χ1v) is 9.28. The number of hydrogen-bond donors (Lipinski definition) is 0. The van der Waals surface area contributed by atoms with Gasteiger partial charge in [0, 0.05) is 0 Å². The van der Waals surface area contributed by atoms with Crippen molar-refractivity contribution in [1.29, 1.82) is 0 Å². The summed E-state index contributed by atoms with van der Waals surface area (Å²) in [7, 11) is -1.68. The maximum absolute atomic E-state index is 13.7. The fourth-order valence-electron chi connectivity index (χ4n) is 1.49. The summed E-state index contributed by atoms with van der Waals surface area (Å²) in [4.78, 5) is 0. The van der Waals surface area contributed by atoms with Gasteiger partial charge in [0.2, 0.25) is 0 Å². The van der Waals surface area contributed by atoms with E-state index in [1.165, 1.54) is 6.07 Å². The average molecular weight is 291 g/mol. The van der Waals surface area contributed by atoms with E-state index in [-0.39, 0.29) is 5.82 Å². The zero-order chi connectivity index (χ0) is 11.6. The summed E-state index contributed by atoms with van der Waals surface area (Å²) >= 11 is 3.44. The van der Waals surface area contributed by atoms with Crippen LogP contribution in [0.25, 0.3) is 0 Å². The Morgan fingerprint density at radius 3 is 2.40 bits per heavy atom. The Kier molecular flexibility index (Phi) is 3.95. The minimum Gasteiger partial charge on any atom is -0.493 e. The molecule has 0 amide bonds. The van der Waals surface area contributed by atoms with Crippen LogP contribution in [0.1, 0.15) is 6.92 Å². The van der Waals surface area contributed by atoms with E-state index in [4.69, 9.17) is 4.74 Å². The summed E-state index contributed by atoms with van der Waals surface area (Å²) in [5, 5.41) is 0.799. The molecule has 0 aliphatic heterocycles. The first-order valence-electron chi connectivity index (χ1n) is 4.99. The van der Waals surface area contributed by atoms with Gasteiger partial charge in [0.15, 0.2) is 0 Å². The maximum Gasteiger partial charge on any atom is 0.133 e. The van der Waals surface area contributed by atoms with E-state index in [0.717, 1.165) is 15.4 Å². The van der Waals surface area contributed by atoms with Gasteiger partial charge in [-0.1, -0.05) is 19.6 Å². The smallest absolute Gasteiger partial charge is 0.133 e. The number of benzene rings is 1. The van der Waals surface area contributed by atoms with Crippen LogP contribution in [0.4, 0.5) is 4.39 Å². The van der Waals surface area contributed by atoms with Gasteiger partial charge in [-0.25, -0.2) is 4.39 Å². The minimum atomic E-state index is -1.68. The molecule has 84 valence electrons. The molecule has 0 fully saturated rings. The van der Waals surface area contributed by atoms with Crippen molar-refractivity contribution < 1.29 is 9.13 Å². The molecule has 0 aliphatic rings. The molecule has 15 heavy (non-hydrogen) atoms. The summed E-state index contributed by atoms with van der Waals surface area (Å²) in [6.45, 7) is 8.86. The minimum absolute atomic E-state index is 0.135. The third-order valence-corrected chi connectivity index (χ3v) is 5.25. The molecule has 0 heterocycles. The largest absolute Gasteiger partial charge is 0.493 e. The van der Waals surface area contributed by atoms with Gasteiger partial charge in [-0.15, -0.1) is 0 Å². The first-order chi connectivity index (χ1) is 6.88. The van der Waals surface area contributed by atoms with Crippen molar-refractivity contribution in [2.24, 2.45) is 0 Å². The van der Waals surface area contributed by atoms with Gasteiger partial charge in [0.25, 0.3) is 0 Å². The van der Waals surface area contributed by atoms with Crippen LogP contribution in [-0.4, -0.2) is 14.7 Å². The van der Waals surface area contributed by atoms with Crippen molar-refractivity contribution in [2.75, 3.05) is 6.61 Å². The van der Waals surface area contributed by atoms with Gasteiger partial charge in [-0.3, -0.25) is 0 Å². The monoisotopic (exact) mass is 290 g/mol. The molecule has 1 aromatic carbocycles. The Labute approximate surface area is 99.8 Å². The van der Waals surface area contributed by atoms with Crippen molar-refractivity contribution in [3.8, 4) is 5.75 Å². The molecular weight excluding hydrogens is 275 g/mol. The first kappa shape index (κ1) is 12.7. The van der Waals surface area contributed by atoms with Crippen LogP contribution in [0.5, 0.6) is 5.75 Å². The van der Waals surface area contributed by atoms with Crippen LogP contribution in [0.2, 0.25) is 19.6 Å². The Morgan fingerprint density at radius 1 is 1.33 bits per heavy atom. The molecular formula is C11H16BrFOSi.